The Labute approximate surface area is 226 Å². The molecule has 0 radical (unpaired) electrons. The molecule has 194 valence electrons. The van der Waals surface area contributed by atoms with Crippen LogP contribution in [0.25, 0.3) is 16.9 Å². The SMILES string of the molecule is O=C(CN(Cc1ccco1)C(=O)[C@H]1C[C@H]1c1ccccc1)Nc1cc(-c2ccccc2)nn1-c1ccccc1. The smallest absolute Gasteiger partial charge is 0.245 e. The minimum Gasteiger partial charge on any atom is -0.467 e. The maximum atomic E-state index is 13.6. The molecule has 39 heavy (non-hydrogen) atoms. The zero-order valence-electron chi connectivity index (χ0n) is 21.3. The molecule has 6 rings (SSSR count). The van der Waals surface area contributed by atoms with Gasteiger partial charge >= 0.3 is 0 Å². The van der Waals surface area contributed by atoms with Gasteiger partial charge in [-0.3, -0.25) is 9.59 Å². The van der Waals surface area contributed by atoms with Gasteiger partial charge in [0.2, 0.25) is 11.8 Å². The summed E-state index contributed by atoms with van der Waals surface area (Å²) in [5, 5.41) is 7.77. The van der Waals surface area contributed by atoms with Crippen LogP contribution in [0.3, 0.4) is 0 Å². The molecule has 0 unspecified atom stereocenters. The summed E-state index contributed by atoms with van der Waals surface area (Å²) in [4.78, 5) is 28.6. The quantitative estimate of drug-likeness (QED) is 0.264. The first-order chi connectivity index (χ1) is 19.2. The van der Waals surface area contributed by atoms with Crippen LogP contribution in [0.5, 0.6) is 0 Å². The van der Waals surface area contributed by atoms with Crippen LogP contribution in [0, 0.1) is 5.92 Å². The molecule has 0 saturated heterocycles. The first-order valence-corrected chi connectivity index (χ1v) is 13.0. The second-order valence-electron chi connectivity index (χ2n) is 9.71. The van der Waals surface area contributed by atoms with Crippen molar-refractivity contribution in [3.63, 3.8) is 0 Å². The van der Waals surface area contributed by atoms with Crippen LogP contribution >= 0.6 is 0 Å². The summed E-state index contributed by atoms with van der Waals surface area (Å²) in [7, 11) is 0. The van der Waals surface area contributed by atoms with Crippen LogP contribution in [0.15, 0.2) is 120 Å². The van der Waals surface area contributed by atoms with Crippen LogP contribution in [-0.2, 0) is 16.1 Å². The van der Waals surface area contributed by atoms with Crippen molar-refractivity contribution >= 4 is 17.6 Å². The molecule has 1 saturated carbocycles. The summed E-state index contributed by atoms with van der Waals surface area (Å²) in [5.41, 5.74) is 3.65. The number of nitrogens with one attached hydrogen (secondary N) is 1. The molecule has 1 fully saturated rings. The van der Waals surface area contributed by atoms with Gasteiger partial charge in [0, 0.05) is 17.5 Å². The first kappa shape index (κ1) is 24.4. The first-order valence-electron chi connectivity index (χ1n) is 13.0. The predicted octanol–water partition coefficient (Wildman–Crippen LogP) is 5.90. The summed E-state index contributed by atoms with van der Waals surface area (Å²) in [5.74, 6) is 0.849. The Bertz CT molecular complexity index is 1550. The standard InChI is InChI=1S/C32H28N4O3/c37-31(33-30-20-29(24-13-6-2-7-14-24)34-36(30)25-15-8-3-9-16-25)22-35(21-26-17-10-18-39-26)32(38)28-19-27(28)23-11-4-1-5-12-23/h1-18,20,27-28H,19,21-22H2,(H,33,37)/t27-,28-/m0/s1. The highest BCUT2D eigenvalue weighted by Crippen LogP contribution is 2.48. The fraction of sp³-hybridized carbons (Fsp3) is 0.156. The van der Waals surface area contributed by atoms with Crippen molar-refractivity contribution in [1.29, 1.82) is 0 Å². The third-order valence-electron chi connectivity index (χ3n) is 6.96. The van der Waals surface area contributed by atoms with Crippen LogP contribution in [-0.4, -0.2) is 33.0 Å². The fourth-order valence-corrected chi connectivity index (χ4v) is 4.92. The van der Waals surface area contributed by atoms with E-state index in [1.165, 1.54) is 0 Å². The molecule has 3 aromatic carbocycles. The number of hydrogen-bond acceptors (Lipinski definition) is 4. The highest BCUT2D eigenvalue weighted by molar-refractivity contribution is 5.95. The number of aromatic nitrogens is 2. The molecule has 0 aliphatic heterocycles. The van der Waals surface area contributed by atoms with Gasteiger partial charge in [-0.2, -0.15) is 5.10 Å². The minimum atomic E-state index is -0.302. The number of anilines is 1. The number of furan rings is 1. The molecule has 2 heterocycles. The maximum absolute atomic E-state index is 13.6. The molecule has 2 amide bonds. The third-order valence-corrected chi connectivity index (χ3v) is 6.96. The molecular weight excluding hydrogens is 488 g/mol. The van der Waals surface area contributed by atoms with Crippen LogP contribution in [0.4, 0.5) is 5.82 Å². The Hall–Kier alpha value is -4.91. The lowest BCUT2D eigenvalue weighted by Crippen LogP contribution is -2.38. The second-order valence-corrected chi connectivity index (χ2v) is 9.71. The van der Waals surface area contributed by atoms with E-state index in [1.807, 2.05) is 91.0 Å². The largest absolute Gasteiger partial charge is 0.467 e. The van der Waals surface area contributed by atoms with Crippen molar-refractivity contribution in [2.75, 3.05) is 11.9 Å². The number of carbonyl (C=O) groups is 2. The van der Waals surface area contributed by atoms with Crippen molar-refractivity contribution in [3.8, 4) is 16.9 Å². The van der Waals surface area contributed by atoms with Gasteiger partial charge < -0.3 is 14.6 Å². The molecule has 1 aliphatic carbocycles. The average molecular weight is 517 g/mol. The summed E-state index contributed by atoms with van der Waals surface area (Å²) in [6, 6.07) is 35.0. The topological polar surface area (TPSA) is 80.4 Å². The van der Waals surface area contributed by atoms with E-state index < -0.39 is 0 Å². The summed E-state index contributed by atoms with van der Waals surface area (Å²) < 4.78 is 7.23. The number of hydrogen-bond donors (Lipinski definition) is 1. The number of carbonyl (C=O) groups excluding carboxylic acids is 2. The van der Waals surface area contributed by atoms with Gasteiger partial charge in [-0.05, 0) is 42.2 Å². The van der Waals surface area contributed by atoms with E-state index in [0.717, 1.165) is 28.9 Å². The van der Waals surface area contributed by atoms with Crippen LogP contribution < -0.4 is 5.32 Å². The van der Waals surface area contributed by atoms with E-state index in [-0.39, 0.29) is 36.7 Å². The molecule has 7 nitrogen and oxygen atoms in total. The highest BCUT2D eigenvalue weighted by Gasteiger charge is 2.46. The predicted molar refractivity (Wildman–Crippen MR) is 149 cm³/mol. The van der Waals surface area contributed by atoms with Crippen LogP contribution in [0.1, 0.15) is 23.7 Å². The number of rotatable bonds is 9. The zero-order chi connectivity index (χ0) is 26.6. The molecule has 0 spiro atoms. The normalized spacial score (nSPS) is 16.0. The summed E-state index contributed by atoms with van der Waals surface area (Å²) in [6.07, 6.45) is 2.35. The Balaban J connectivity index is 1.23. The Morgan fingerprint density at radius 2 is 1.59 bits per heavy atom. The van der Waals surface area contributed by atoms with E-state index in [9.17, 15) is 9.59 Å². The molecule has 1 N–H and O–H groups in total. The molecule has 0 bridgehead atoms. The van der Waals surface area contributed by atoms with Crippen molar-refractivity contribution in [3.05, 3.63) is 127 Å². The Morgan fingerprint density at radius 1 is 0.897 bits per heavy atom. The van der Waals surface area contributed by atoms with Crippen molar-refractivity contribution in [2.45, 2.75) is 18.9 Å². The fourth-order valence-electron chi connectivity index (χ4n) is 4.92. The molecule has 7 heteroatoms. The van der Waals surface area contributed by atoms with Crippen LogP contribution in [0.2, 0.25) is 0 Å². The van der Waals surface area contributed by atoms with E-state index in [2.05, 4.69) is 17.4 Å². The number of nitrogens with zero attached hydrogens (tertiary/aromatic N) is 3. The van der Waals surface area contributed by atoms with E-state index >= 15 is 0 Å². The summed E-state index contributed by atoms with van der Waals surface area (Å²) in [6.45, 7) is 0.128. The maximum Gasteiger partial charge on any atom is 0.245 e. The van der Waals surface area contributed by atoms with E-state index in [4.69, 9.17) is 9.52 Å². The Morgan fingerprint density at radius 3 is 2.28 bits per heavy atom. The molecule has 2 atom stereocenters. The minimum absolute atomic E-state index is 0.0445. The van der Waals surface area contributed by atoms with Gasteiger partial charge in [0.25, 0.3) is 0 Å². The van der Waals surface area contributed by atoms with Crippen molar-refractivity contribution < 1.29 is 14.0 Å². The molecule has 1 aliphatic rings. The highest BCUT2D eigenvalue weighted by atomic mass is 16.3. The number of amides is 2. The summed E-state index contributed by atoms with van der Waals surface area (Å²) >= 11 is 0. The third kappa shape index (κ3) is 5.52. The molecule has 2 aromatic heterocycles. The zero-order valence-corrected chi connectivity index (χ0v) is 21.3. The monoisotopic (exact) mass is 516 g/mol. The van der Waals surface area contributed by atoms with E-state index in [0.29, 0.717) is 11.6 Å². The van der Waals surface area contributed by atoms with Gasteiger partial charge in [-0.15, -0.1) is 0 Å². The second kappa shape index (κ2) is 10.8. The van der Waals surface area contributed by atoms with Gasteiger partial charge in [-0.1, -0.05) is 78.9 Å². The van der Waals surface area contributed by atoms with Gasteiger partial charge in [0.15, 0.2) is 0 Å². The molecule has 5 aromatic rings. The number of para-hydroxylation sites is 1. The van der Waals surface area contributed by atoms with Gasteiger partial charge in [-0.25, -0.2) is 4.68 Å². The van der Waals surface area contributed by atoms with Gasteiger partial charge in [0.05, 0.1) is 24.2 Å². The number of benzene rings is 3. The van der Waals surface area contributed by atoms with E-state index in [1.54, 1.807) is 21.9 Å². The lowest BCUT2D eigenvalue weighted by atomic mass is 10.1. The Kier molecular flexibility index (Phi) is 6.78. The lowest BCUT2D eigenvalue weighted by Gasteiger charge is -2.21. The molecular formula is C32H28N4O3. The lowest BCUT2D eigenvalue weighted by molar-refractivity contribution is -0.136. The van der Waals surface area contributed by atoms with Gasteiger partial charge in [0.1, 0.15) is 18.1 Å². The average Bonchev–Trinajstić information content (AvgIpc) is 3.40. The van der Waals surface area contributed by atoms with Crippen molar-refractivity contribution in [1.82, 2.24) is 14.7 Å². The van der Waals surface area contributed by atoms with Crippen molar-refractivity contribution in [2.24, 2.45) is 5.92 Å².